The number of hydrogen-bond acceptors (Lipinski definition) is 2. The molecule has 4 heteroatoms. The summed E-state index contributed by atoms with van der Waals surface area (Å²) in [6.45, 7) is 0.694. The number of fused-ring (bicyclic) bond motifs is 1. The predicted octanol–water partition coefficient (Wildman–Crippen LogP) is 3.69. The number of thiophene rings is 1. The van der Waals surface area contributed by atoms with Crippen molar-refractivity contribution in [3.63, 3.8) is 0 Å². The van der Waals surface area contributed by atoms with E-state index in [0.717, 1.165) is 19.3 Å². The molecule has 1 aliphatic carbocycles. The van der Waals surface area contributed by atoms with Crippen molar-refractivity contribution >= 4 is 27.5 Å². The number of carbonyl (C=O) groups is 1. The first-order valence-corrected chi connectivity index (χ1v) is 8.20. The van der Waals surface area contributed by atoms with E-state index >= 15 is 0 Å². The SMILES string of the molecule is O=C(NCCc1csc2ccccc12)NC1CCCC1. The van der Waals surface area contributed by atoms with Gasteiger partial charge in [-0.15, -0.1) is 11.3 Å². The van der Waals surface area contributed by atoms with Gasteiger partial charge in [0.25, 0.3) is 0 Å². The monoisotopic (exact) mass is 288 g/mol. The molecule has 0 aliphatic heterocycles. The van der Waals surface area contributed by atoms with E-state index in [-0.39, 0.29) is 6.03 Å². The van der Waals surface area contributed by atoms with Gasteiger partial charge >= 0.3 is 6.03 Å². The molecule has 1 aromatic carbocycles. The zero-order valence-electron chi connectivity index (χ0n) is 11.5. The van der Waals surface area contributed by atoms with Crippen LogP contribution in [0, 0.1) is 0 Å². The molecule has 3 nitrogen and oxygen atoms in total. The topological polar surface area (TPSA) is 41.1 Å². The number of amides is 2. The number of rotatable bonds is 4. The molecule has 1 aromatic heterocycles. The van der Waals surface area contributed by atoms with Crippen LogP contribution in [0.25, 0.3) is 10.1 Å². The number of benzene rings is 1. The molecule has 1 fully saturated rings. The number of carbonyl (C=O) groups excluding carboxylic acids is 1. The summed E-state index contributed by atoms with van der Waals surface area (Å²) in [6.07, 6.45) is 5.63. The zero-order valence-corrected chi connectivity index (χ0v) is 12.3. The molecule has 0 spiro atoms. The van der Waals surface area contributed by atoms with Crippen LogP contribution in [0.3, 0.4) is 0 Å². The van der Waals surface area contributed by atoms with Crippen LogP contribution in [0.2, 0.25) is 0 Å². The minimum absolute atomic E-state index is 0.0172. The summed E-state index contributed by atoms with van der Waals surface area (Å²) in [5.41, 5.74) is 1.33. The minimum Gasteiger partial charge on any atom is -0.338 e. The molecule has 1 aliphatic rings. The molecule has 1 saturated carbocycles. The van der Waals surface area contributed by atoms with Crippen molar-refractivity contribution in [1.29, 1.82) is 0 Å². The maximum absolute atomic E-state index is 11.8. The van der Waals surface area contributed by atoms with Gasteiger partial charge in [-0.2, -0.15) is 0 Å². The van der Waals surface area contributed by atoms with E-state index in [1.54, 1.807) is 11.3 Å². The highest BCUT2D eigenvalue weighted by Crippen LogP contribution is 2.25. The van der Waals surface area contributed by atoms with Crippen molar-refractivity contribution in [2.45, 2.75) is 38.1 Å². The second kappa shape index (κ2) is 6.27. The maximum Gasteiger partial charge on any atom is 0.315 e. The Bertz CT molecular complexity index is 587. The van der Waals surface area contributed by atoms with Crippen molar-refractivity contribution in [1.82, 2.24) is 10.6 Å². The van der Waals surface area contributed by atoms with E-state index in [1.807, 2.05) is 0 Å². The lowest BCUT2D eigenvalue weighted by molar-refractivity contribution is 0.237. The van der Waals surface area contributed by atoms with Gasteiger partial charge in [0, 0.05) is 17.3 Å². The van der Waals surface area contributed by atoms with E-state index in [2.05, 4.69) is 40.3 Å². The quantitative estimate of drug-likeness (QED) is 0.885. The number of urea groups is 1. The summed E-state index contributed by atoms with van der Waals surface area (Å²) in [4.78, 5) is 11.8. The molecule has 2 aromatic rings. The third kappa shape index (κ3) is 3.12. The average molecular weight is 288 g/mol. The first-order valence-electron chi connectivity index (χ1n) is 7.32. The normalized spacial score (nSPS) is 15.6. The van der Waals surface area contributed by atoms with Gasteiger partial charge in [0.1, 0.15) is 0 Å². The van der Waals surface area contributed by atoms with Crippen molar-refractivity contribution < 1.29 is 4.79 Å². The van der Waals surface area contributed by atoms with E-state index in [1.165, 1.54) is 28.5 Å². The van der Waals surface area contributed by atoms with Crippen molar-refractivity contribution in [2.75, 3.05) is 6.54 Å². The van der Waals surface area contributed by atoms with Crippen LogP contribution in [0.4, 0.5) is 4.79 Å². The van der Waals surface area contributed by atoms with Gasteiger partial charge in [-0.05, 0) is 41.7 Å². The summed E-state index contributed by atoms with van der Waals surface area (Å²) in [7, 11) is 0. The molecular formula is C16H20N2OS. The zero-order chi connectivity index (χ0) is 13.8. The molecule has 20 heavy (non-hydrogen) atoms. The molecule has 0 bridgehead atoms. The molecule has 106 valence electrons. The fourth-order valence-corrected chi connectivity index (χ4v) is 3.84. The lowest BCUT2D eigenvalue weighted by Crippen LogP contribution is -2.41. The fraction of sp³-hybridized carbons (Fsp3) is 0.438. The fourth-order valence-electron chi connectivity index (χ4n) is 2.84. The van der Waals surface area contributed by atoms with Gasteiger partial charge in [-0.25, -0.2) is 4.79 Å². The molecule has 0 saturated heterocycles. The van der Waals surface area contributed by atoms with Crippen LogP contribution < -0.4 is 10.6 Å². The Hall–Kier alpha value is -1.55. The van der Waals surface area contributed by atoms with Crippen molar-refractivity contribution in [3.05, 3.63) is 35.2 Å². The second-order valence-corrected chi connectivity index (χ2v) is 6.30. The Balaban J connectivity index is 1.48. The van der Waals surface area contributed by atoms with Crippen LogP contribution in [0.1, 0.15) is 31.2 Å². The Morgan fingerprint density at radius 1 is 1.25 bits per heavy atom. The highest BCUT2D eigenvalue weighted by Gasteiger charge is 2.16. The van der Waals surface area contributed by atoms with Gasteiger partial charge < -0.3 is 10.6 Å². The molecule has 2 amide bonds. The van der Waals surface area contributed by atoms with E-state index in [4.69, 9.17) is 0 Å². The summed E-state index contributed by atoms with van der Waals surface area (Å²) in [6, 6.07) is 8.80. The predicted molar refractivity (Wildman–Crippen MR) is 84.3 cm³/mol. The first-order chi connectivity index (χ1) is 9.83. The molecule has 2 N–H and O–H groups in total. The second-order valence-electron chi connectivity index (χ2n) is 5.39. The van der Waals surface area contributed by atoms with Crippen LogP contribution in [0.5, 0.6) is 0 Å². The summed E-state index contributed by atoms with van der Waals surface area (Å²) >= 11 is 1.77. The molecule has 0 radical (unpaired) electrons. The van der Waals surface area contributed by atoms with Crippen LogP contribution >= 0.6 is 11.3 Å². The Morgan fingerprint density at radius 2 is 2.05 bits per heavy atom. The summed E-state index contributed by atoms with van der Waals surface area (Å²) < 4.78 is 1.32. The van der Waals surface area contributed by atoms with Crippen molar-refractivity contribution in [2.24, 2.45) is 0 Å². The Kier molecular flexibility index (Phi) is 4.21. The third-order valence-electron chi connectivity index (χ3n) is 3.93. The van der Waals surface area contributed by atoms with E-state index in [0.29, 0.717) is 12.6 Å². The first kappa shape index (κ1) is 13.4. The maximum atomic E-state index is 11.8. The van der Waals surface area contributed by atoms with Crippen molar-refractivity contribution in [3.8, 4) is 0 Å². The van der Waals surface area contributed by atoms with Gasteiger partial charge in [-0.3, -0.25) is 0 Å². The van der Waals surface area contributed by atoms with Gasteiger partial charge in [-0.1, -0.05) is 31.0 Å². The van der Waals surface area contributed by atoms with Gasteiger partial charge in [0.2, 0.25) is 0 Å². The lowest BCUT2D eigenvalue weighted by atomic mass is 10.1. The summed E-state index contributed by atoms with van der Waals surface area (Å²) in [5, 5.41) is 9.53. The molecular weight excluding hydrogens is 268 g/mol. The minimum atomic E-state index is -0.0172. The highest BCUT2D eigenvalue weighted by atomic mass is 32.1. The van der Waals surface area contributed by atoms with Gasteiger partial charge in [0.05, 0.1) is 0 Å². The summed E-state index contributed by atoms with van der Waals surface area (Å²) in [5.74, 6) is 0. The smallest absolute Gasteiger partial charge is 0.315 e. The standard InChI is InChI=1S/C16H20N2OS/c19-16(18-13-5-1-2-6-13)17-10-9-12-11-20-15-8-4-3-7-14(12)15/h3-4,7-8,11,13H,1-2,5-6,9-10H2,(H2,17,18,19). The highest BCUT2D eigenvalue weighted by molar-refractivity contribution is 7.17. The number of hydrogen-bond donors (Lipinski definition) is 2. The molecule has 1 heterocycles. The number of nitrogens with one attached hydrogen (secondary N) is 2. The largest absolute Gasteiger partial charge is 0.338 e. The van der Waals surface area contributed by atoms with Crippen LogP contribution in [-0.2, 0) is 6.42 Å². The van der Waals surface area contributed by atoms with Crippen LogP contribution in [0.15, 0.2) is 29.6 Å². The van der Waals surface area contributed by atoms with Crippen LogP contribution in [-0.4, -0.2) is 18.6 Å². The average Bonchev–Trinajstić information content (AvgIpc) is 3.09. The Labute approximate surface area is 123 Å². The van der Waals surface area contributed by atoms with Gasteiger partial charge in [0.15, 0.2) is 0 Å². The molecule has 3 rings (SSSR count). The lowest BCUT2D eigenvalue weighted by Gasteiger charge is -2.12. The molecule has 0 atom stereocenters. The molecule has 0 unspecified atom stereocenters. The third-order valence-corrected chi connectivity index (χ3v) is 4.94. The van der Waals surface area contributed by atoms with E-state index < -0.39 is 0 Å². The van der Waals surface area contributed by atoms with E-state index in [9.17, 15) is 4.79 Å². The Morgan fingerprint density at radius 3 is 2.90 bits per heavy atom.